The molecule has 2 aliphatic carbocycles. The highest BCUT2D eigenvalue weighted by Gasteiger charge is 2.54. The molecule has 0 bridgehead atoms. The van der Waals surface area contributed by atoms with Crippen LogP contribution in [-0.2, 0) is 36.9 Å². The molecule has 0 saturated carbocycles. The minimum Gasteiger partial charge on any atom is -0.399 e. The summed E-state index contributed by atoms with van der Waals surface area (Å²) in [6.07, 6.45) is 18.6. The van der Waals surface area contributed by atoms with Crippen LogP contribution in [0.3, 0.4) is 0 Å². The minimum absolute atomic E-state index is 0.337. The van der Waals surface area contributed by atoms with Gasteiger partial charge in [-0.2, -0.15) is 0 Å². The molecule has 3 heterocycles. The quantitative estimate of drug-likeness (QED) is 0.0596. The van der Waals surface area contributed by atoms with Crippen LogP contribution in [0.1, 0.15) is 180 Å². The number of anilines is 3. The second kappa shape index (κ2) is 28.7. The zero-order valence-electron chi connectivity index (χ0n) is 52.9. The van der Waals surface area contributed by atoms with E-state index in [1.807, 2.05) is 0 Å². The van der Waals surface area contributed by atoms with Crippen molar-refractivity contribution in [2.45, 2.75) is 187 Å². The van der Waals surface area contributed by atoms with E-state index in [2.05, 4.69) is 311 Å². The molecule has 2 saturated heterocycles. The van der Waals surface area contributed by atoms with Gasteiger partial charge in [-0.05, 0) is 260 Å². The first-order chi connectivity index (χ1) is 42.1. The van der Waals surface area contributed by atoms with E-state index < -0.39 is 14.2 Å². The molecule has 0 radical (unpaired) electrons. The Morgan fingerprint density at radius 1 is 0.375 bits per heavy atom. The summed E-state index contributed by atoms with van der Waals surface area (Å²) in [5.74, 6) is 0. The number of fused-ring (bicyclic) bond motifs is 10. The molecule has 0 atom stereocenters. The third-order valence-electron chi connectivity index (χ3n) is 19.0. The summed E-state index contributed by atoms with van der Waals surface area (Å²) in [7, 11) is -0.782. The molecule has 2 fully saturated rings. The first-order valence-corrected chi connectivity index (χ1v) is 36.6. The molecule has 0 N–H and O–H groups in total. The van der Waals surface area contributed by atoms with Gasteiger partial charge >= 0.3 is 14.2 Å². The zero-order chi connectivity index (χ0) is 62.6. The Hall–Kier alpha value is -3.59. The zero-order valence-corrected chi connectivity index (χ0v) is 61.7. The van der Waals surface area contributed by atoms with Gasteiger partial charge in [-0.1, -0.05) is 202 Å². The maximum atomic E-state index is 6.32. The molecule has 8 aromatic rings. The van der Waals surface area contributed by atoms with E-state index in [0.717, 1.165) is 52.3 Å². The molecule has 88 heavy (non-hydrogen) atoms. The summed E-state index contributed by atoms with van der Waals surface area (Å²) >= 11 is 20.3. The number of hydrogen-bond acceptors (Lipinski definition) is 6. The lowest BCUT2D eigenvalue weighted by molar-refractivity contribution is 0.00578. The van der Waals surface area contributed by atoms with Crippen LogP contribution < -0.4 is 15.8 Å². The molecule has 12 rings (SSSR count). The SMILES string of the molecule is Brc1ccc2c(c1)C1(c3cc(Br)ccc3-2)c2cc(Br)ccc2-c2ccc(Br)cc21.CCCCCCCCc1ccc(N(c2ccc(B3OC(C)(C)C(C)(C)O3)cc2)c2ccc(B3OC(C)(C)C(C)(C)O3)cc2)cc1.CCCCCCCCc1ccsc1Br. The van der Waals surface area contributed by atoms with Crippen LogP contribution >= 0.6 is 91.0 Å². The van der Waals surface area contributed by atoms with Crippen molar-refractivity contribution in [3.05, 3.63) is 212 Å². The number of rotatable bonds is 19. The third kappa shape index (κ3) is 14.5. The van der Waals surface area contributed by atoms with E-state index in [4.69, 9.17) is 18.6 Å². The summed E-state index contributed by atoms with van der Waals surface area (Å²) in [6.45, 7) is 21.3. The first kappa shape index (κ1) is 67.3. The third-order valence-corrected chi connectivity index (χ3v) is 22.8. The predicted molar refractivity (Wildman–Crippen MR) is 392 cm³/mol. The summed E-state index contributed by atoms with van der Waals surface area (Å²) in [6, 6.07) is 55.1. The lowest BCUT2D eigenvalue weighted by atomic mass is 9.70. The molecule has 4 aliphatic rings. The van der Waals surface area contributed by atoms with Gasteiger partial charge in [0.15, 0.2) is 0 Å². The Morgan fingerprint density at radius 2 is 0.693 bits per heavy atom. The lowest BCUT2D eigenvalue weighted by Gasteiger charge is -2.32. The van der Waals surface area contributed by atoms with Crippen molar-refractivity contribution in [1.82, 2.24) is 0 Å². The molecule has 0 unspecified atom stereocenters. The van der Waals surface area contributed by atoms with Crippen LogP contribution in [0.25, 0.3) is 22.3 Å². The fourth-order valence-electron chi connectivity index (χ4n) is 12.6. The van der Waals surface area contributed by atoms with Gasteiger partial charge in [0.25, 0.3) is 0 Å². The van der Waals surface area contributed by atoms with Crippen LogP contribution in [0.4, 0.5) is 17.1 Å². The summed E-state index contributed by atoms with van der Waals surface area (Å²) < 4.78 is 31.0. The Labute approximate surface area is 572 Å². The molecule has 1 spiro atoms. The Kier molecular flexibility index (Phi) is 22.0. The van der Waals surface area contributed by atoms with Gasteiger partial charge in [-0.15, -0.1) is 11.3 Å². The summed E-state index contributed by atoms with van der Waals surface area (Å²) in [4.78, 5) is 2.30. The molecule has 13 heteroatoms. The topological polar surface area (TPSA) is 40.2 Å². The van der Waals surface area contributed by atoms with Crippen molar-refractivity contribution in [2.75, 3.05) is 4.90 Å². The van der Waals surface area contributed by atoms with Gasteiger partial charge < -0.3 is 23.5 Å². The van der Waals surface area contributed by atoms with Crippen molar-refractivity contribution in [1.29, 1.82) is 0 Å². The highest BCUT2D eigenvalue weighted by Crippen LogP contribution is 2.64. The van der Waals surface area contributed by atoms with Crippen LogP contribution in [-0.4, -0.2) is 36.6 Å². The second-order valence-electron chi connectivity index (χ2n) is 26.1. The first-order valence-electron chi connectivity index (χ1n) is 31.8. The van der Waals surface area contributed by atoms with E-state index >= 15 is 0 Å². The van der Waals surface area contributed by atoms with Crippen LogP contribution in [0.2, 0.25) is 0 Å². The Morgan fingerprint density at radius 3 is 1.02 bits per heavy atom. The summed E-state index contributed by atoms with van der Waals surface area (Å²) in [5.41, 5.74) is 16.9. The van der Waals surface area contributed by atoms with E-state index in [1.165, 1.54) is 143 Å². The normalized spacial score (nSPS) is 16.5. The molecular formula is C75H84B2Br5NO4S. The molecule has 1 aromatic heterocycles. The van der Waals surface area contributed by atoms with Crippen LogP contribution in [0.15, 0.2) is 179 Å². The van der Waals surface area contributed by atoms with E-state index in [1.54, 1.807) is 11.3 Å². The smallest absolute Gasteiger partial charge is 0.399 e. The van der Waals surface area contributed by atoms with Crippen molar-refractivity contribution < 1.29 is 18.6 Å². The lowest BCUT2D eigenvalue weighted by Crippen LogP contribution is -2.41. The minimum atomic E-state index is -0.391. The van der Waals surface area contributed by atoms with Crippen molar-refractivity contribution >= 4 is 133 Å². The molecular weight excluding hydrogens is 1430 g/mol. The number of thiophene rings is 1. The highest BCUT2D eigenvalue weighted by atomic mass is 79.9. The van der Waals surface area contributed by atoms with Gasteiger partial charge in [0.1, 0.15) is 0 Å². The average Bonchev–Trinajstić information content (AvgIpc) is 1.53. The predicted octanol–water partition coefficient (Wildman–Crippen LogP) is 23.2. The van der Waals surface area contributed by atoms with E-state index in [0.29, 0.717) is 0 Å². The Balaban J connectivity index is 0.000000168. The average molecular weight is 1520 g/mol. The van der Waals surface area contributed by atoms with Gasteiger partial charge in [-0.25, -0.2) is 0 Å². The number of unbranched alkanes of at least 4 members (excludes halogenated alkanes) is 10. The maximum Gasteiger partial charge on any atom is 0.494 e. The largest absolute Gasteiger partial charge is 0.494 e. The highest BCUT2D eigenvalue weighted by molar-refractivity contribution is 9.11. The number of benzene rings is 7. The van der Waals surface area contributed by atoms with E-state index in [9.17, 15) is 0 Å². The Bertz CT molecular complexity index is 3360. The number of aryl methyl sites for hydroxylation is 2. The summed E-state index contributed by atoms with van der Waals surface area (Å²) in [5, 5.41) is 2.16. The fraction of sp³-hybridized carbons (Fsp3) is 0.387. The molecule has 2 aliphatic heterocycles. The van der Waals surface area contributed by atoms with Gasteiger partial charge in [0, 0.05) is 35.0 Å². The van der Waals surface area contributed by atoms with Crippen molar-refractivity contribution in [2.24, 2.45) is 0 Å². The van der Waals surface area contributed by atoms with Crippen LogP contribution in [0, 0.1) is 0 Å². The molecule has 7 aromatic carbocycles. The number of nitrogens with zero attached hydrogens (tertiary/aromatic N) is 1. The number of halogens is 5. The molecule has 0 amide bonds. The van der Waals surface area contributed by atoms with Gasteiger partial charge in [-0.3, -0.25) is 0 Å². The van der Waals surface area contributed by atoms with E-state index in [-0.39, 0.29) is 27.8 Å². The van der Waals surface area contributed by atoms with Gasteiger partial charge in [0.05, 0.1) is 31.6 Å². The van der Waals surface area contributed by atoms with Gasteiger partial charge in [0.2, 0.25) is 0 Å². The number of hydrogen-bond donors (Lipinski definition) is 0. The second-order valence-corrected chi connectivity index (χ2v) is 32.0. The molecule has 5 nitrogen and oxygen atoms in total. The monoisotopic (exact) mass is 1510 g/mol. The maximum absolute atomic E-state index is 6.32. The fourth-order valence-corrected chi connectivity index (χ4v) is 15.4. The van der Waals surface area contributed by atoms with Crippen molar-refractivity contribution in [3.63, 3.8) is 0 Å². The van der Waals surface area contributed by atoms with Crippen LogP contribution in [0.5, 0.6) is 0 Å². The standard InChI is InChI=1S/C38H53B2NO4.C25H12Br4.C12H19BrS/c1-10-11-12-13-14-15-16-29-17-23-32(24-18-29)41(33-25-19-30(20-26-33)39-42-35(2,3)36(4,5)43-39)34-27-21-31(22-28-34)40-44-37(6,7)38(8,9)45-40;26-13-1-5-17-18-6-2-14(27)10-22(18)25(21(17)9-13)23-11-15(28)3-7-19(23)20-8-4-16(29)12-24(20)25;1-2-3-4-5-6-7-8-11-9-10-14-12(11)13/h17-28H,10-16H2,1-9H3;1-12H;9-10H,2-8H2,1H3. The van der Waals surface area contributed by atoms with Crippen molar-refractivity contribution in [3.8, 4) is 22.3 Å². The molecule has 460 valence electrons.